The Labute approximate surface area is 201 Å². The summed E-state index contributed by atoms with van der Waals surface area (Å²) in [6, 6.07) is 15.5. The fourth-order valence-corrected chi connectivity index (χ4v) is 6.67. The first-order valence-corrected chi connectivity index (χ1v) is 12.6. The van der Waals surface area contributed by atoms with Crippen LogP contribution in [0, 0.1) is 17.2 Å². The molecular formula is C27H25N3O3S. The van der Waals surface area contributed by atoms with Gasteiger partial charge in [-0.3, -0.25) is 4.90 Å². The van der Waals surface area contributed by atoms with Gasteiger partial charge in [-0.25, -0.2) is 4.79 Å². The van der Waals surface area contributed by atoms with Crippen LogP contribution in [0.4, 0.5) is 4.79 Å². The van der Waals surface area contributed by atoms with E-state index in [-0.39, 0.29) is 11.8 Å². The van der Waals surface area contributed by atoms with E-state index in [1.165, 1.54) is 0 Å². The van der Waals surface area contributed by atoms with E-state index in [0.29, 0.717) is 24.6 Å². The summed E-state index contributed by atoms with van der Waals surface area (Å²) in [7, 11) is 0. The highest BCUT2D eigenvalue weighted by Gasteiger charge is 2.48. The van der Waals surface area contributed by atoms with E-state index < -0.39 is 5.60 Å². The van der Waals surface area contributed by atoms with Crippen LogP contribution >= 0.6 is 11.3 Å². The Kier molecular flexibility index (Phi) is 5.00. The van der Waals surface area contributed by atoms with E-state index >= 15 is 0 Å². The van der Waals surface area contributed by atoms with Crippen molar-refractivity contribution in [2.45, 2.75) is 44.4 Å². The Morgan fingerprint density at radius 3 is 3.03 bits per heavy atom. The molecule has 2 aliphatic rings. The number of aromatic nitrogens is 1. The van der Waals surface area contributed by atoms with E-state index in [1.807, 2.05) is 29.2 Å². The fraction of sp³-hybridized carbons (Fsp3) is 0.333. The van der Waals surface area contributed by atoms with Gasteiger partial charge in [-0.05, 0) is 84.3 Å². The second-order valence-electron chi connectivity index (χ2n) is 9.66. The highest BCUT2D eigenvalue weighted by atomic mass is 32.1. The molecule has 2 fully saturated rings. The highest BCUT2D eigenvalue weighted by Crippen LogP contribution is 2.42. The van der Waals surface area contributed by atoms with Crippen LogP contribution in [0.25, 0.3) is 21.0 Å². The smallest absolute Gasteiger partial charge is 0.410 e. The first kappa shape index (κ1) is 21.1. The lowest BCUT2D eigenvalue weighted by molar-refractivity contribution is 0.00418. The first-order valence-electron chi connectivity index (χ1n) is 11.7. The number of ether oxygens (including phenoxy) is 1. The average molecular weight is 472 g/mol. The molecule has 1 saturated heterocycles. The molecule has 0 unspecified atom stereocenters. The maximum atomic E-state index is 12.9. The van der Waals surface area contributed by atoms with E-state index in [1.54, 1.807) is 23.5 Å². The summed E-state index contributed by atoms with van der Waals surface area (Å²) in [4.78, 5) is 14.7. The van der Waals surface area contributed by atoms with Crippen LogP contribution in [0.5, 0.6) is 5.75 Å². The monoisotopic (exact) mass is 471 g/mol. The number of carbonyl (C=O) groups excluding carboxylic acids is 1. The molecular weight excluding hydrogens is 446 g/mol. The first-order chi connectivity index (χ1) is 16.5. The molecule has 1 aliphatic heterocycles. The van der Waals surface area contributed by atoms with Gasteiger partial charge in [-0.15, -0.1) is 11.3 Å². The van der Waals surface area contributed by atoms with Gasteiger partial charge in [-0.2, -0.15) is 5.26 Å². The lowest BCUT2D eigenvalue weighted by Gasteiger charge is -2.36. The quantitative estimate of drug-likeness (QED) is 0.395. The number of thiophene rings is 1. The topological polar surface area (TPSA) is 78.5 Å². The van der Waals surface area contributed by atoms with Crippen molar-refractivity contribution in [3.63, 3.8) is 0 Å². The summed E-state index contributed by atoms with van der Waals surface area (Å²) >= 11 is 1.63. The number of carbonyl (C=O) groups is 1. The van der Waals surface area contributed by atoms with E-state index in [0.717, 1.165) is 58.8 Å². The van der Waals surface area contributed by atoms with Gasteiger partial charge in [0.15, 0.2) is 0 Å². The van der Waals surface area contributed by atoms with Gasteiger partial charge in [0.25, 0.3) is 0 Å². The van der Waals surface area contributed by atoms with Crippen molar-refractivity contribution in [1.82, 2.24) is 9.47 Å². The van der Waals surface area contributed by atoms with Crippen LogP contribution in [-0.2, 0) is 17.8 Å². The van der Waals surface area contributed by atoms with Crippen molar-refractivity contribution in [2.75, 3.05) is 6.54 Å². The Bertz CT molecular complexity index is 1450. The number of nitrogens with zero attached hydrogens (tertiary/aromatic N) is 3. The van der Waals surface area contributed by atoms with Crippen LogP contribution in [0.3, 0.4) is 0 Å². The Balaban J connectivity index is 1.19. The molecule has 1 amide bonds. The molecule has 6 nitrogen and oxygen atoms in total. The maximum absolute atomic E-state index is 12.9. The van der Waals surface area contributed by atoms with Gasteiger partial charge < -0.3 is 14.4 Å². The molecule has 4 aromatic rings. The number of nitriles is 1. The second kappa shape index (κ2) is 8.07. The molecule has 6 rings (SSSR count). The van der Waals surface area contributed by atoms with Crippen molar-refractivity contribution < 1.29 is 14.6 Å². The van der Waals surface area contributed by atoms with Crippen molar-refractivity contribution in [1.29, 1.82) is 5.26 Å². The molecule has 0 bridgehead atoms. The van der Waals surface area contributed by atoms with Gasteiger partial charge in [-0.1, -0.05) is 6.07 Å². The molecule has 34 heavy (non-hydrogen) atoms. The number of phenols is 1. The predicted octanol–water partition coefficient (Wildman–Crippen LogP) is 6.01. The number of phenolic OH excluding ortho intramolecular Hbond substituents is 1. The molecule has 1 spiro atoms. The molecule has 7 heteroatoms. The summed E-state index contributed by atoms with van der Waals surface area (Å²) < 4.78 is 9.39. The Morgan fingerprint density at radius 1 is 1.24 bits per heavy atom. The average Bonchev–Trinajstić information content (AvgIpc) is 3.50. The van der Waals surface area contributed by atoms with Crippen molar-refractivity contribution in [2.24, 2.45) is 5.92 Å². The number of amides is 1. The molecule has 1 aliphatic carbocycles. The van der Waals surface area contributed by atoms with Crippen LogP contribution in [0.1, 0.15) is 36.8 Å². The summed E-state index contributed by atoms with van der Waals surface area (Å²) in [5.74, 6) is 0.643. The largest absolute Gasteiger partial charge is 0.508 e. The number of hydrogen-bond acceptors (Lipinski definition) is 5. The fourth-order valence-electron chi connectivity index (χ4n) is 5.74. The van der Waals surface area contributed by atoms with Crippen molar-refractivity contribution >= 4 is 38.4 Å². The number of rotatable bonds is 4. The van der Waals surface area contributed by atoms with Crippen LogP contribution in [-0.4, -0.2) is 32.8 Å². The maximum Gasteiger partial charge on any atom is 0.410 e. The predicted molar refractivity (Wildman–Crippen MR) is 132 cm³/mol. The summed E-state index contributed by atoms with van der Waals surface area (Å²) in [5.41, 5.74) is 2.36. The molecule has 2 atom stereocenters. The summed E-state index contributed by atoms with van der Waals surface area (Å²) in [6.07, 6.45) is 5.72. The van der Waals surface area contributed by atoms with Gasteiger partial charge in [0.1, 0.15) is 11.4 Å². The zero-order valence-corrected chi connectivity index (χ0v) is 19.6. The van der Waals surface area contributed by atoms with E-state index in [9.17, 15) is 15.2 Å². The van der Waals surface area contributed by atoms with Crippen LogP contribution < -0.4 is 0 Å². The van der Waals surface area contributed by atoms with Crippen molar-refractivity contribution in [3.05, 3.63) is 65.2 Å². The molecule has 2 aromatic carbocycles. The minimum absolute atomic E-state index is 0.238. The number of aromatic hydroxyl groups is 1. The number of benzene rings is 2. The standard InChI is InChI=1S/C27H25N3O3S/c28-13-18-3-4-20-7-9-29(24(20)10-18)14-19-2-1-8-27(12-19)17-30(26(32)33-27)15-21-16-34-25-6-5-22(31)11-23(21)25/h3-7,9-11,16,19,31H,1-2,8,12,14-15,17H2/t19-,27-/m0/s1. The lowest BCUT2D eigenvalue weighted by Crippen LogP contribution is -2.40. The minimum atomic E-state index is -0.436. The third-order valence-corrected chi connectivity index (χ3v) is 8.32. The van der Waals surface area contributed by atoms with Gasteiger partial charge in [0, 0.05) is 28.3 Å². The van der Waals surface area contributed by atoms with Gasteiger partial charge in [0.05, 0.1) is 24.7 Å². The molecule has 2 aromatic heterocycles. The summed E-state index contributed by atoms with van der Waals surface area (Å²) in [5, 5.41) is 23.4. The third-order valence-electron chi connectivity index (χ3n) is 7.30. The lowest BCUT2D eigenvalue weighted by atomic mass is 9.78. The van der Waals surface area contributed by atoms with Crippen molar-refractivity contribution in [3.8, 4) is 11.8 Å². The van der Waals surface area contributed by atoms with Crippen LogP contribution in [0.2, 0.25) is 0 Å². The number of hydrogen-bond donors (Lipinski definition) is 1. The van der Waals surface area contributed by atoms with Crippen LogP contribution in [0.15, 0.2) is 54.0 Å². The van der Waals surface area contributed by atoms with Gasteiger partial charge >= 0.3 is 6.09 Å². The summed E-state index contributed by atoms with van der Waals surface area (Å²) in [6.45, 7) is 1.95. The second-order valence-corrected chi connectivity index (χ2v) is 10.6. The molecule has 1 N–H and O–H groups in total. The highest BCUT2D eigenvalue weighted by molar-refractivity contribution is 7.17. The molecule has 172 valence electrons. The third kappa shape index (κ3) is 3.68. The van der Waals surface area contributed by atoms with Gasteiger partial charge in [0.2, 0.25) is 0 Å². The molecule has 3 heterocycles. The van der Waals surface area contributed by atoms with E-state index in [2.05, 4.69) is 28.3 Å². The Morgan fingerprint density at radius 2 is 2.15 bits per heavy atom. The zero-order valence-electron chi connectivity index (χ0n) is 18.7. The minimum Gasteiger partial charge on any atom is -0.508 e. The number of fused-ring (bicyclic) bond motifs is 2. The SMILES string of the molecule is N#Cc1ccc2ccn(C[C@H]3CCC[C@]4(C3)CN(Cc3csc5ccc(O)cc35)C(=O)O4)c2c1. The molecule has 1 saturated carbocycles. The Hall–Kier alpha value is -3.50. The zero-order chi connectivity index (χ0) is 23.3. The van der Waals surface area contributed by atoms with E-state index in [4.69, 9.17) is 4.74 Å². The molecule has 0 radical (unpaired) electrons. The normalized spacial score (nSPS) is 22.5.